The summed E-state index contributed by atoms with van der Waals surface area (Å²) in [5.74, 6) is -0.261. The molecule has 1 aliphatic carbocycles. The van der Waals surface area contributed by atoms with E-state index in [-0.39, 0.29) is 18.1 Å². The van der Waals surface area contributed by atoms with E-state index in [4.69, 9.17) is 4.74 Å². The third-order valence-electron chi connectivity index (χ3n) is 5.33. The Hall–Kier alpha value is -2.65. The van der Waals surface area contributed by atoms with Crippen molar-refractivity contribution in [2.75, 3.05) is 14.1 Å². The Balaban J connectivity index is 1.75. The SMILES string of the molecule is CN(C)[C@@H]1CCc2c(ccc3ccccc23)[C@@H]1OC(=O)c1ccccc1. The monoisotopic (exact) mass is 345 g/mol. The first-order chi connectivity index (χ1) is 12.6. The minimum Gasteiger partial charge on any atom is -0.452 e. The highest BCUT2D eigenvalue weighted by atomic mass is 16.5. The van der Waals surface area contributed by atoms with Crippen LogP contribution < -0.4 is 0 Å². The lowest BCUT2D eigenvalue weighted by Crippen LogP contribution is -2.39. The molecule has 3 aromatic rings. The number of esters is 1. The van der Waals surface area contributed by atoms with Crippen LogP contribution in [0.4, 0.5) is 0 Å². The fourth-order valence-corrected chi connectivity index (χ4v) is 3.98. The van der Waals surface area contributed by atoms with Crippen LogP contribution in [0.15, 0.2) is 66.7 Å². The fraction of sp³-hybridized carbons (Fsp3) is 0.261. The van der Waals surface area contributed by atoms with Crippen LogP contribution in [0.3, 0.4) is 0 Å². The summed E-state index contributed by atoms with van der Waals surface area (Å²) in [4.78, 5) is 14.9. The van der Waals surface area contributed by atoms with Crippen molar-refractivity contribution < 1.29 is 9.53 Å². The van der Waals surface area contributed by atoms with Gasteiger partial charge >= 0.3 is 5.97 Å². The Labute approximate surface area is 154 Å². The Bertz CT molecular complexity index is 933. The van der Waals surface area contributed by atoms with E-state index in [0.717, 1.165) is 18.4 Å². The van der Waals surface area contributed by atoms with Gasteiger partial charge in [0, 0.05) is 0 Å². The third kappa shape index (κ3) is 2.99. The average molecular weight is 345 g/mol. The fourth-order valence-electron chi connectivity index (χ4n) is 3.98. The molecular weight excluding hydrogens is 322 g/mol. The lowest BCUT2D eigenvalue weighted by atomic mass is 9.82. The summed E-state index contributed by atoms with van der Waals surface area (Å²) in [7, 11) is 4.11. The zero-order valence-corrected chi connectivity index (χ0v) is 15.2. The minimum atomic E-state index is -0.261. The Morgan fingerprint density at radius 3 is 2.46 bits per heavy atom. The van der Waals surface area contributed by atoms with Crippen molar-refractivity contribution in [1.29, 1.82) is 0 Å². The van der Waals surface area contributed by atoms with Gasteiger partial charge in [0.2, 0.25) is 0 Å². The minimum absolute atomic E-state index is 0.177. The summed E-state index contributed by atoms with van der Waals surface area (Å²) in [6.45, 7) is 0. The summed E-state index contributed by atoms with van der Waals surface area (Å²) in [6, 6.07) is 22.1. The second-order valence-corrected chi connectivity index (χ2v) is 7.12. The molecule has 132 valence electrons. The van der Waals surface area contributed by atoms with E-state index in [0.29, 0.717) is 5.56 Å². The number of carbonyl (C=O) groups is 1. The van der Waals surface area contributed by atoms with Crippen LogP contribution in [0.5, 0.6) is 0 Å². The molecule has 26 heavy (non-hydrogen) atoms. The smallest absolute Gasteiger partial charge is 0.338 e. The van der Waals surface area contributed by atoms with Crippen molar-refractivity contribution in [1.82, 2.24) is 4.90 Å². The first-order valence-electron chi connectivity index (χ1n) is 9.08. The van der Waals surface area contributed by atoms with Gasteiger partial charge in [-0.25, -0.2) is 4.79 Å². The van der Waals surface area contributed by atoms with E-state index in [1.807, 2.05) is 18.2 Å². The maximum atomic E-state index is 12.7. The highest BCUT2D eigenvalue weighted by Crippen LogP contribution is 2.38. The zero-order chi connectivity index (χ0) is 18.1. The lowest BCUT2D eigenvalue weighted by Gasteiger charge is -2.37. The molecule has 0 aromatic heterocycles. The van der Waals surface area contributed by atoms with Gasteiger partial charge in [-0.05, 0) is 61.0 Å². The standard InChI is InChI=1S/C23H23NO2/c1-24(2)21-15-14-19-18-11-7-6-8-16(18)12-13-20(19)22(21)26-23(25)17-9-4-3-5-10-17/h3-13,21-22H,14-15H2,1-2H3/t21-,22+/m1/s1. The number of hydrogen-bond donors (Lipinski definition) is 0. The van der Waals surface area contributed by atoms with Crippen LogP contribution in [0.25, 0.3) is 10.8 Å². The van der Waals surface area contributed by atoms with E-state index in [1.54, 1.807) is 12.1 Å². The van der Waals surface area contributed by atoms with Crippen LogP contribution in [-0.4, -0.2) is 31.0 Å². The maximum Gasteiger partial charge on any atom is 0.338 e. The van der Waals surface area contributed by atoms with Crippen LogP contribution in [0, 0.1) is 0 Å². The number of ether oxygens (including phenoxy) is 1. The molecule has 3 nitrogen and oxygen atoms in total. The van der Waals surface area contributed by atoms with Gasteiger partial charge in [0.05, 0.1) is 11.6 Å². The van der Waals surface area contributed by atoms with Gasteiger partial charge in [0.1, 0.15) is 6.10 Å². The van der Waals surface area contributed by atoms with Crippen molar-refractivity contribution in [3.63, 3.8) is 0 Å². The van der Waals surface area contributed by atoms with E-state index in [2.05, 4.69) is 55.4 Å². The molecule has 0 unspecified atom stereocenters. The molecule has 0 fully saturated rings. The Morgan fingerprint density at radius 2 is 1.69 bits per heavy atom. The largest absolute Gasteiger partial charge is 0.452 e. The quantitative estimate of drug-likeness (QED) is 0.649. The number of benzene rings is 3. The number of likely N-dealkylation sites (N-methyl/N-ethyl adjacent to an activating group) is 1. The third-order valence-corrected chi connectivity index (χ3v) is 5.33. The molecule has 0 radical (unpaired) electrons. The van der Waals surface area contributed by atoms with Crippen molar-refractivity contribution in [2.45, 2.75) is 25.0 Å². The first-order valence-corrected chi connectivity index (χ1v) is 9.08. The summed E-state index contributed by atoms with van der Waals surface area (Å²) in [5.41, 5.74) is 3.04. The number of aryl methyl sites for hydroxylation is 1. The molecule has 0 heterocycles. The summed E-state index contributed by atoms with van der Waals surface area (Å²) in [5, 5.41) is 2.51. The number of hydrogen-bond acceptors (Lipinski definition) is 3. The second kappa shape index (κ2) is 6.93. The summed E-state index contributed by atoms with van der Waals surface area (Å²) in [6.07, 6.45) is 1.71. The van der Waals surface area contributed by atoms with Gasteiger partial charge in [-0.15, -0.1) is 0 Å². The van der Waals surface area contributed by atoms with Gasteiger partial charge in [-0.3, -0.25) is 0 Å². The van der Waals surface area contributed by atoms with Crippen molar-refractivity contribution in [3.8, 4) is 0 Å². The number of nitrogens with zero attached hydrogens (tertiary/aromatic N) is 1. The lowest BCUT2D eigenvalue weighted by molar-refractivity contribution is 0.000742. The van der Waals surface area contributed by atoms with Crippen LogP contribution in [-0.2, 0) is 11.2 Å². The highest BCUT2D eigenvalue weighted by Gasteiger charge is 2.34. The Morgan fingerprint density at radius 1 is 0.962 bits per heavy atom. The average Bonchev–Trinajstić information content (AvgIpc) is 2.68. The molecule has 2 atom stereocenters. The molecule has 0 saturated carbocycles. The molecule has 4 rings (SSSR count). The topological polar surface area (TPSA) is 29.5 Å². The number of rotatable bonds is 3. The van der Waals surface area contributed by atoms with Crippen LogP contribution in [0.2, 0.25) is 0 Å². The molecule has 1 aliphatic rings. The molecule has 0 bridgehead atoms. The van der Waals surface area contributed by atoms with Crippen LogP contribution >= 0.6 is 0 Å². The van der Waals surface area contributed by atoms with Gasteiger partial charge in [-0.1, -0.05) is 54.6 Å². The molecular formula is C23H23NO2. The number of fused-ring (bicyclic) bond motifs is 3. The normalized spacial score (nSPS) is 19.3. The second-order valence-electron chi connectivity index (χ2n) is 7.12. The van der Waals surface area contributed by atoms with Gasteiger partial charge in [0.15, 0.2) is 0 Å². The van der Waals surface area contributed by atoms with Crippen molar-refractivity contribution in [3.05, 3.63) is 83.4 Å². The van der Waals surface area contributed by atoms with Gasteiger partial charge < -0.3 is 9.64 Å². The first kappa shape index (κ1) is 16.8. The van der Waals surface area contributed by atoms with Gasteiger partial charge in [-0.2, -0.15) is 0 Å². The highest BCUT2D eigenvalue weighted by molar-refractivity contribution is 5.90. The molecule has 0 aliphatic heterocycles. The van der Waals surface area contributed by atoms with Crippen LogP contribution in [0.1, 0.15) is 34.0 Å². The number of carbonyl (C=O) groups excluding carboxylic acids is 1. The van der Waals surface area contributed by atoms with Crippen molar-refractivity contribution in [2.24, 2.45) is 0 Å². The van der Waals surface area contributed by atoms with Gasteiger partial charge in [0.25, 0.3) is 0 Å². The molecule has 3 heteroatoms. The summed E-state index contributed by atoms with van der Waals surface area (Å²) >= 11 is 0. The van der Waals surface area contributed by atoms with E-state index < -0.39 is 0 Å². The maximum absolute atomic E-state index is 12.7. The Kier molecular flexibility index (Phi) is 4.48. The van der Waals surface area contributed by atoms with E-state index >= 15 is 0 Å². The predicted octanol–water partition coefficient (Wildman–Crippen LogP) is 4.61. The molecule has 0 N–H and O–H groups in total. The molecule has 0 spiro atoms. The molecule has 0 saturated heterocycles. The predicted molar refractivity (Wildman–Crippen MR) is 104 cm³/mol. The summed E-state index contributed by atoms with van der Waals surface area (Å²) < 4.78 is 6.05. The molecule has 3 aromatic carbocycles. The van der Waals surface area contributed by atoms with Crippen molar-refractivity contribution >= 4 is 16.7 Å². The zero-order valence-electron chi connectivity index (χ0n) is 15.2. The van der Waals surface area contributed by atoms with E-state index in [9.17, 15) is 4.79 Å². The molecule has 0 amide bonds. The van der Waals surface area contributed by atoms with E-state index in [1.165, 1.54) is 16.3 Å².